The normalized spacial score (nSPS) is 13.9. The lowest BCUT2D eigenvalue weighted by Crippen LogP contribution is -2.19. The van der Waals surface area contributed by atoms with E-state index in [4.69, 9.17) is 9.47 Å². The zero-order chi connectivity index (χ0) is 28.8. The molecular weight excluding hydrogens is 532 g/mol. The molecule has 3 aromatic heterocycles. The van der Waals surface area contributed by atoms with Gasteiger partial charge >= 0.3 is 6.18 Å². The van der Waals surface area contributed by atoms with Crippen LogP contribution in [-0.4, -0.2) is 41.7 Å². The number of halogens is 4. The second-order valence-electron chi connectivity index (χ2n) is 10.1. The summed E-state index contributed by atoms with van der Waals surface area (Å²) in [4.78, 5) is 21.2. The first-order valence-corrected chi connectivity index (χ1v) is 12.4. The van der Waals surface area contributed by atoms with E-state index in [0.717, 1.165) is 35.4 Å². The summed E-state index contributed by atoms with van der Waals surface area (Å²) in [6.07, 6.45) is 0.961. The lowest BCUT2D eigenvalue weighted by Gasteiger charge is -2.21. The van der Waals surface area contributed by atoms with E-state index in [1.165, 1.54) is 38.8 Å². The first-order valence-electron chi connectivity index (χ1n) is 12.4. The fourth-order valence-electron chi connectivity index (χ4n) is 4.26. The lowest BCUT2D eigenvalue weighted by atomic mass is 10.0. The quantitative estimate of drug-likeness (QED) is 0.295. The maximum atomic E-state index is 15.0. The summed E-state index contributed by atoms with van der Waals surface area (Å²) >= 11 is 0. The monoisotopic (exact) mass is 558 g/mol. The molecule has 1 aromatic carbocycles. The van der Waals surface area contributed by atoms with Crippen molar-refractivity contribution in [2.24, 2.45) is 7.05 Å². The first-order chi connectivity index (χ1) is 18.9. The molecular formula is C27H26F4N6O3. The van der Waals surface area contributed by atoms with E-state index in [1.54, 1.807) is 13.8 Å². The number of methoxy groups -OCH3 is 1. The van der Waals surface area contributed by atoms with E-state index >= 15 is 4.39 Å². The molecule has 5 rings (SSSR count). The van der Waals surface area contributed by atoms with Gasteiger partial charge in [0.15, 0.2) is 11.5 Å². The van der Waals surface area contributed by atoms with Gasteiger partial charge in [0.1, 0.15) is 30.1 Å². The van der Waals surface area contributed by atoms with E-state index in [1.807, 2.05) is 0 Å². The van der Waals surface area contributed by atoms with Crippen molar-refractivity contribution in [3.05, 3.63) is 65.3 Å². The van der Waals surface area contributed by atoms with E-state index in [0.29, 0.717) is 22.6 Å². The average Bonchev–Trinajstić information content (AvgIpc) is 3.67. The molecule has 0 amide bonds. The van der Waals surface area contributed by atoms with Crippen LogP contribution in [0.25, 0.3) is 22.8 Å². The molecule has 3 heterocycles. The molecule has 4 aromatic rings. The largest absolute Gasteiger partial charge is 0.480 e. The Kier molecular flexibility index (Phi) is 6.94. The average molecular weight is 559 g/mol. The van der Waals surface area contributed by atoms with Crippen LogP contribution < -0.4 is 9.47 Å². The number of hydrogen-bond acceptors (Lipinski definition) is 8. The Morgan fingerprint density at radius 1 is 1.07 bits per heavy atom. The molecule has 0 saturated heterocycles. The standard InChI is InChI=1S/C27H26F4N6O3/c1-26(2,38)17-10-32-22(20-21(15-6-7-15)33-13-34-25(20)39-4)36-24(17)40-12-14-5-8-16(18(28)9-14)23-35-19(11-37(23)3)27(29,30)31/h5,8-11,13,15,38H,6-7,12H2,1-4H3. The molecule has 0 aliphatic heterocycles. The molecule has 1 saturated carbocycles. The van der Waals surface area contributed by atoms with Crippen molar-refractivity contribution < 1.29 is 32.1 Å². The smallest absolute Gasteiger partial charge is 0.434 e. The Labute approximate surface area is 226 Å². The van der Waals surface area contributed by atoms with Gasteiger partial charge in [-0.3, -0.25) is 0 Å². The van der Waals surface area contributed by atoms with Crippen molar-refractivity contribution in [3.63, 3.8) is 0 Å². The molecule has 0 atom stereocenters. The Morgan fingerprint density at radius 3 is 2.42 bits per heavy atom. The van der Waals surface area contributed by atoms with Crippen molar-refractivity contribution in [1.82, 2.24) is 29.5 Å². The summed E-state index contributed by atoms with van der Waals surface area (Å²) < 4.78 is 66.7. The van der Waals surface area contributed by atoms with Crippen LogP contribution in [0, 0.1) is 5.82 Å². The Hall–Kier alpha value is -4.13. The van der Waals surface area contributed by atoms with E-state index in [9.17, 15) is 18.3 Å². The third-order valence-corrected chi connectivity index (χ3v) is 6.45. The van der Waals surface area contributed by atoms with E-state index < -0.39 is 23.3 Å². The minimum atomic E-state index is -4.65. The molecule has 1 aliphatic rings. The number of aromatic nitrogens is 6. The SMILES string of the molecule is COc1ncnc(C2CC2)c1-c1ncc(C(C)(C)O)c(OCc2ccc(-c3nc(C(F)(F)F)cn3C)c(F)c2)n1. The van der Waals surface area contributed by atoms with Crippen LogP contribution in [0.2, 0.25) is 0 Å². The Morgan fingerprint density at radius 2 is 1.82 bits per heavy atom. The van der Waals surface area contributed by atoms with Crippen LogP contribution >= 0.6 is 0 Å². The third kappa shape index (κ3) is 5.46. The highest BCUT2D eigenvalue weighted by atomic mass is 19.4. The van der Waals surface area contributed by atoms with Gasteiger partial charge in [0, 0.05) is 25.4 Å². The highest BCUT2D eigenvalue weighted by Crippen LogP contribution is 2.45. The van der Waals surface area contributed by atoms with Gasteiger partial charge in [0.25, 0.3) is 0 Å². The minimum Gasteiger partial charge on any atom is -0.480 e. The zero-order valence-electron chi connectivity index (χ0n) is 22.1. The number of hydrogen-bond donors (Lipinski definition) is 1. The number of benzene rings is 1. The molecule has 0 bridgehead atoms. The van der Waals surface area contributed by atoms with Crippen LogP contribution in [0.15, 0.2) is 36.9 Å². The Bertz CT molecular complexity index is 1560. The summed E-state index contributed by atoms with van der Waals surface area (Å²) in [5.41, 5.74) is -0.600. The maximum Gasteiger partial charge on any atom is 0.434 e. The van der Waals surface area contributed by atoms with Gasteiger partial charge < -0.3 is 19.1 Å². The van der Waals surface area contributed by atoms with Gasteiger partial charge in [-0.25, -0.2) is 24.3 Å². The van der Waals surface area contributed by atoms with Gasteiger partial charge in [-0.2, -0.15) is 18.2 Å². The zero-order valence-corrected chi connectivity index (χ0v) is 22.1. The van der Waals surface area contributed by atoms with E-state index in [-0.39, 0.29) is 35.6 Å². The van der Waals surface area contributed by atoms with Crippen molar-refractivity contribution >= 4 is 0 Å². The number of nitrogens with zero attached hydrogens (tertiary/aromatic N) is 6. The minimum absolute atomic E-state index is 0.0635. The number of imidazole rings is 1. The topological polar surface area (TPSA) is 108 Å². The number of ether oxygens (including phenoxy) is 2. The van der Waals surface area contributed by atoms with Gasteiger partial charge in [-0.05, 0) is 44.4 Å². The molecule has 1 N–H and O–H groups in total. The second-order valence-corrected chi connectivity index (χ2v) is 10.1. The molecule has 0 unspecified atom stereocenters. The molecule has 13 heteroatoms. The van der Waals surface area contributed by atoms with Crippen molar-refractivity contribution in [3.8, 4) is 34.5 Å². The molecule has 9 nitrogen and oxygen atoms in total. The molecule has 1 fully saturated rings. The summed E-state index contributed by atoms with van der Waals surface area (Å²) in [5.74, 6) is -0.0733. The molecule has 210 valence electrons. The predicted octanol–water partition coefficient (Wildman–Crippen LogP) is 5.18. The molecule has 0 radical (unpaired) electrons. The van der Waals surface area contributed by atoms with Crippen molar-refractivity contribution in [2.75, 3.05) is 7.11 Å². The highest BCUT2D eigenvalue weighted by molar-refractivity contribution is 5.66. The van der Waals surface area contributed by atoms with Gasteiger partial charge in [-0.1, -0.05) is 6.07 Å². The predicted molar refractivity (Wildman–Crippen MR) is 135 cm³/mol. The first kappa shape index (κ1) is 27.4. The van der Waals surface area contributed by atoms with Gasteiger partial charge in [-0.15, -0.1) is 0 Å². The summed E-state index contributed by atoms with van der Waals surface area (Å²) in [5, 5.41) is 10.7. The fourth-order valence-corrected chi connectivity index (χ4v) is 4.26. The van der Waals surface area contributed by atoms with E-state index in [2.05, 4.69) is 24.9 Å². The highest BCUT2D eigenvalue weighted by Gasteiger charge is 2.35. The van der Waals surface area contributed by atoms with Gasteiger partial charge in [0.2, 0.25) is 11.8 Å². The van der Waals surface area contributed by atoms with Gasteiger partial charge in [0.05, 0.1) is 29.5 Å². The third-order valence-electron chi connectivity index (χ3n) is 6.45. The van der Waals surface area contributed by atoms with Crippen LogP contribution in [0.4, 0.5) is 17.6 Å². The Balaban J connectivity index is 1.46. The second kappa shape index (κ2) is 10.1. The summed E-state index contributed by atoms with van der Waals surface area (Å²) in [6.45, 7) is 2.95. The lowest BCUT2D eigenvalue weighted by molar-refractivity contribution is -0.140. The summed E-state index contributed by atoms with van der Waals surface area (Å²) in [6, 6.07) is 4.01. The van der Waals surface area contributed by atoms with Crippen LogP contribution in [-0.2, 0) is 25.4 Å². The molecule has 1 aliphatic carbocycles. The molecule has 0 spiro atoms. The van der Waals surface area contributed by atoms with Crippen molar-refractivity contribution in [1.29, 1.82) is 0 Å². The number of rotatable bonds is 8. The maximum absolute atomic E-state index is 15.0. The summed E-state index contributed by atoms with van der Waals surface area (Å²) in [7, 11) is 2.85. The number of alkyl halides is 3. The van der Waals surface area contributed by atoms with Crippen molar-refractivity contribution in [2.45, 2.75) is 51.0 Å². The number of aliphatic hydroxyl groups is 1. The molecule has 40 heavy (non-hydrogen) atoms. The number of aryl methyl sites for hydroxylation is 1. The van der Waals surface area contributed by atoms with Crippen LogP contribution in [0.1, 0.15) is 55.1 Å². The van der Waals surface area contributed by atoms with Crippen LogP contribution in [0.3, 0.4) is 0 Å². The fraction of sp³-hybridized carbons (Fsp3) is 0.370. The van der Waals surface area contributed by atoms with Crippen LogP contribution in [0.5, 0.6) is 11.8 Å².